The molecule has 0 unspecified atom stereocenters. The van der Waals surface area contributed by atoms with Gasteiger partial charge in [0.1, 0.15) is 0 Å². The second-order valence-corrected chi connectivity index (χ2v) is 7.37. The molecule has 20 heavy (non-hydrogen) atoms. The first-order chi connectivity index (χ1) is 9.53. The number of sulfonamides is 1. The Kier molecular flexibility index (Phi) is 5.18. The highest BCUT2D eigenvalue weighted by atomic mass is 32.2. The van der Waals surface area contributed by atoms with E-state index >= 15 is 0 Å². The van der Waals surface area contributed by atoms with Crippen LogP contribution in [0.3, 0.4) is 0 Å². The van der Waals surface area contributed by atoms with Gasteiger partial charge in [-0.3, -0.25) is 0 Å². The molecule has 1 aliphatic carbocycles. The fourth-order valence-electron chi connectivity index (χ4n) is 2.28. The summed E-state index contributed by atoms with van der Waals surface area (Å²) in [5.74, 6) is 0.848. The third kappa shape index (κ3) is 4.30. The minimum atomic E-state index is -3.37. The topological polar surface area (TPSA) is 58.2 Å². The lowest BCUT2D eigenvalue weighted by molar-refractivity contribution is 0.572. The third-order valence-electron chi connectivity index (χ3n) is 3.78. The first-order valence-corrected chi connectivity index (χ1v) is 8.75. The van der Waals surface area contributed by atoms with E-state index in [2.05, 4.69) is 10.0 Å². The summed E-state index contributed by atoms with van der Waals surface area (Å²) in [5.41, 5.74) is 2.13. The maximum absolute atomic E-state index is 12.2. The molecule has 0 bridgehead atoms. The molecule has 4 nitrogen and oxygen atoms in total. The molecule has 1 aromatic rings. The number of hydrogen-bond acceptors (Lipinski definition) is 3. The Bertz CT molecular complexity index is 551. The van der Waals surface area contributed by atoms with Crippen molar-refractivity contribution in [2.45, 2.75) is 44.0 Å². The molecule has 2 N–H and O–H groups in total. The monoisotopic (exact) mass is 296 g/mol. The molecular weight excluding hydrogens is 272 g/mol. The van der Waals surface area contributed by atoms with Crippen LogP contribution < -0.4 is 10.0 Å². The summed E-state index contributed by atoms with van der Waals surface area (Å²) in [5, 5.41) is 3.06. The SMILES string of the molecule is CNCc1cc(S(=O)(=O)NCCCC2CC2)ccc1C. The van der Waals surface area contributed by atoms with Gasteiger partial charge < -0.3 is 5.32 Å². The van der Waals surface area contributed by atoms with Crippen LogP contribution in [0.25, 0.3) is 0 Å². The van der Waals surface area contributed by atoms with E-state index in [1.807, 2.05) is 20.0 Å². The molecule has 0 saturated heterocycles. The zero-order valence-electron chi connectivity index (χ0n) is 12.3. The van der Waals surface area contributed by atoms with Gasteiger partial charge in [-0.1, -0.05) is 18.9 Å². The van der Waals surface area contributed by atoms with E-state index < -0.39 is 10.0 Å². The summed E-state index contributed by atoms with van der Waals surface area (Å²) in [6.45, 7) is 3.21. The Morgan fingerprint density at radius 1 is 1.30 bits per heavy atom. The van der Waals surface area contributed by atoms with Crippen LogP contribution in [0.1, 0.15) is 36.8 Å². The highest BCUT2D eigenvalue weighted by Gasteiger charge is 2.21. The molecule has 0 aromatic heterocycles. The van der Waals surface area contributed by atoms with Gasteiger partial charge in [-0.25, -0.2) is 13.1 Å². The Labute approximate surface area is 122 Å². The van der Waals surface area contributed by atoms with Crippen LogP contribution in [0.4, 0.5) is 0 Å². The molecule has 1 saturated carbocycles. The average molecular weight is 296 g/mol. The molecule has 1 fully saturated rings. The number of aryl methyl sites for hydroxylation is 1. The number of hydrogen-bond donors (Lipinski definition) is 2. The molecule has 0 heterocycles. The van der Waals surface area contributed by atoms with E-state index in [1.165, 1.54) is 12.8 Å². The predicted molar refractivity (Wildman–Crippen MR) is 81.1 cm³/mol. The fraction of sp³-hybridized carbons (Fsp3) is 0.600. The lowest BCUT2D eigenvalue weighted by Crippen LogP contribution is -2.25. The van der Waals surface area contributed by atoms with Gasteiger partial charge in [-0.05, 0) is 56.0 Å². The Balaban J connectivity index is 1.98. The number of nitrogens with one attached hydrogen (secondary N) is 2. The van der Waals surface area contributed by atoms with Gasteiger partial charge in [0.2, 0.25) is 10.0 Å². The summed E-state index contributed by atoms with van der Waals surface area (Å²) in [7, 11) is -1.52. The van der Waals surface area contributed by atoms with Crippen molar-refractivity contribution in [1.82, 2.24) is 10.0 Å². The lowest BCUT2D eigenvalue weighted by atomic mass is 10.1. The summed E-state index contributed by atoms with van der Waals surface area (Å²) >= 11 is 0. The van der Waals surface area contributed by atoms with E-state index in [9.17, 15) is 8.42 Å². The van der Waals surface area contributed by atoms with Gasteiger partial charge in [0.05, 0.1) is 4.90 Å². The first kappa shape index (κ1) is 15.5. The molecule has 1 aromatic carbocycles. The van der Waals surface area contributed by atoms with Gasteiger partial charge in [0.15, 0.2) is 0 Å². The molecule has 2 rings (SSSR count). The molecule has 1 aliphatic rings. The van der Waals surface area contributed by atoms with Gasteiger partial charge >= 0.3 is 0 Å². The Morgan fingerprint density at radius 2 is 2.05 bits per heavy atom. The molecule has 5 heteroatoms. The second kappa shape index (κ2) is 6.70. The summed E-state index contributed by atoms with van der Waals surface area (Å²) in [6.07, 6.45) is 4.71. The maximum Gasteiger partial charge on any atom is 0.240 e. The first-order valence-electron chi connectivity index (χ1n) is 7.27. The van der Waals surface area contributed by atoms with Crippen molar-refractivity contribution in [2.75, 3.05) is 13.6 Å². The van der Waals surface area contributed by atoms with Crippen molar-refractivity contribution < 1.29 is 8.42 Å². The highest BCUT2D eigenvalue weighted by Crippen LogP contribution is 2.33. The Morgan fingerprint density at radius 3 is 2.70 bits per heavy atom. The van der Waals surface area contributed by atoms with Crippen molar-refractivity contribution in [2.24, 2.45) is 5.92 Å². The maximum atomic E-state index is 12.2. The van der Waals surface area contributed by atoms with Crippen molar-refractivity contribution >= 4 is 10.0 Å². The van der Waals surface area contributed by atoms with E-state index in [0.29, 0.717) is 18.0 Å². The predicted octanol–water partition coefficient (Wildman–Crippen LogP) is 2.18. The van der Waals surface area contributed by atoms with Crippen LogP contribution in [0, 0.1) is 12.8 Å². The third-order valence-corrected chi connectivity index (χ3v) is 5.23. The molecule has 0 atom stereocenters. The van der Waals surface area contributed by atoms with Crippen molar-refractivity contribution in [3.63, 3.8) is 0 Å². The molecule has 112 valence electrons. The zero-order chi connectivity index (χ0) is 14.6. The smallest absolute Gasteiger partial charge is 0.240 e. The van der Waals surface area contributed by atoms with E-state index in [1.54, 1.807) is 12.1 Å². The molecule has 0 radical (unpaired) electrons. The summed E-state index contributed by atoms with van der Waals surface area (Å²) < 4.78 is 27.2. The normalized spacial score (nSPS) is 15.5. The lowest BCUT2D eigenvalue weighted by Gasteiger charge is -2.10. The van der Waals surface area contributed by atoms with E-state index in [-0.39, 0.29) is 0 Å². The van der Waals surface area contributed by atoms with Crippen molar-refractivity contribution in [1.29, 1.82) is 0 Å². The number of rotatable bonds is 8. The van der Waals surface area contributed by atoms with Crippen LogP contribution in [0.15, 0.2) is 23.1 Å². The second-order valence-electron chi connectivity index (χ2n) is 5.60. The van der Waals surface area contributed by atoms with Crippen LogP contribution in [-0.2, 0) is 16.6 Å². The van der Waals surface area contributed by atoms with Crippen LogP contribution in [0.5, 0.6) is 0 Å². The van der Waals surface area contributed by atoms with Gasteiger partial charge in [-0.15, -0.1) is 0 Å². The standard InChI is InChI=1S/C15H24N2O2S/c1-12-5-8-15(10-14(12)11-16-2)20(18,19)17-9-3-4-13-6-7-13/h5,8,10,13,16-17H,3-4,6-7,9,11H2,1-2H3. The van der Waals surface area contributed by atoms with Crippen LogP contribution >= 0.6 is 0 Å². The van der Waals surface area contributed by atoms with E-state index in [0.717, 1.165) is 29.9 Å². The molecule has 0 spiro atoms. The summed E-state index contributed by atoms with van der Waals surface area (Å²) in [4.78, 5) is 0.361. The molecule has 0 amide bonds. The average Bonchev–Trinajstić information content (AvgIpc) is 3.21. The van der Waals surface area contributed by atoms with Crippen molar-refractivity contribution in [3.05, 3.63) is 29.3 Å². The fourth-order valence-corrected chi connectivity index (χ4v) is 3.41. The summed E-state index contributed by atoms with van der Waals surface area (Å²) in [6, 6.07) is 5.30. The molecule has 0 aliphatic heterocycles. The van der Waals surface area contributed by atoms with Gasteiger partial charge in [-0.2, -0.15) is 0 Å². The van der Waals surface area contributed by atoms with Crippen LogP contribution in [-0.4, -0.2) is 22.0 Å². The van der Waals surface area contributed by atoms with Gasteiger partial charge in [0, 0.05) is 13.1 Å². The quantitative estimate of drug-likeness (QED) is 0.723. The van der Waals surface area contributed by atoms with Gasteiger partial charge in [0.25, 0.3) is 0 Å². The largest absolute Gasteiger partial charge is 0.316 e. The molecular formula is C15H24N2O2S. The minimum Gasteiger partial charge on any atom is -0.316 e. The Hall–Kier alpha value is -0.910. The van der Waals surface area contributed by atoms with Crippen LogP contribution in [0.2, 0.25) is 0 Å². The zero-order valence-corrected chi connectivity index (χ0v) is 13.1. The minimum absolute atomic E-state index is 0.361. The van der Waals surface area contributed by atoms with E-state index in [4.69, 9.17) is 0 Å². The number of benzene rings is 1. The van der Waals surface area contributed by atoms with Crippen molar-refractivity contribution in [3.8, 4) is 0 Å². The highest BCUT2D eigenvalue weighted by molar-refractivity contribution is 7.89.